The number of cyclic esters (lactones) is 1. The van der Waals surface area contributed by atoms with E-state index in [0.29, 0.717) is 13.2 Å². The number of aliphatic hydroxyl groups is 4. The van der Waals surface area contributed by atoms with Crippen LogP contribution in [0.1, 0.15) is 99.0 Å². The van der Waals surface area contributed by atoms with E-state index >= 15 is 0 Å². The summed E-state index contributed by atoms with van der Waals surface area (Å²) in [6, 6.07) is -1.27. The van der Waals surface area contributed by atoms with Crippen molar-refractivity contribution in [1.29, 1.82) is 0 Å². The Hall–Kier alpha value is -1.09. The monoisotopic (exact) mass is 838 g/mol. The second-order valence-electron chi connectivity index (χ2n) is 18.2. The molecule has 4 saturated heterocycles. The van der Waals surface area contributed by atoms with Gasteiger partial charge in [-0.1, -0.05) is 27.7 Å². The zero-order chi connectivity index (χ0) is 46.0. The summed E-state index contributed by atoms with van der Waals surface area (Å²) in [5, 5.41) is 51.7. The average Bonchev–Trinajstić information content (AvgIpc) is 3.18. The van der Waals surface area contributed by atoms with Crippen LogP contribution in [-0.4, -0.2) is 176 Å². The summed E-state index contributed by atoms with van der Waals surface area (Å²) < 4.78 is 79.7. The van der Waals surface area contributed by atoms with Crippen LogP contribution in [-0.2, 0) is 47.4 Å². The first-order valence-corrected chi connectivity index (χ1v) is 21.1. The van der Waals surface area contributed by atoms with Gasteiger partial charge in [-0.15, -0.1) is 0 Å². The third-order valence-corrected chi connectivity index (χ3v) is 13.3. The van der Waals surface area contributed by atoms with Gasteiger partial charge in [0.2, 0.25) is 0 Å². The molecule has 0 spiro atoms. The van der Waals surface area contributed by atoms with Crippen LogP contribution in [0.5, 0.6) is 0 Å². The minimum absolute atomic E-state index is 0.0803. The van der Waals surface area contributed by atoms with Crippen LogP contribution in [0.4, 0.5) is 0 Å². The number of nitrogens with zero attached hydrogens (tertiary/aromatic N) is 1. The van der Waals surface area contributed by atoms with Crippen LogP contribution in [0.25, 0.3) is 0 Å². The number of fused-ring (bicyclic) bond motifs is 2. The predicted molar refractivity (Wildman–Crippen MR) is 214 cm³/mol. The molecule has 0 aromatic carbocycles. The predicted octanol–water partition coefficient (Wildman–Crippen LogP) is 2.20. The highest BCUT2D eigenvalue weighted by molar-refractivity contribution is 5.73. The van der Waals surface area contributed by atoms with Gasteiger partial charge in [0.05, 0.1) is 67.5 Å². The van der Waals surface area contributed by atoms with Crippen LogP contribution in [0.3, 0.4) is 0 Å². The Morgan fingerprint density at radius 1 is 0.966 bits per heavy atom. The molecule has 16 nitrogen and oxygen atoms in total. The van der Waals surface area contributed by atoms with Gasteiger partial charge in [0.1, 0.15) is 30.1 Å². The van der Waals surface area contributed by atoms with E-state index in [1.807, 2.05) is 20.8 Å². The Kier molecular flexibility index (Phi) is 15.8. The number of hydrogen-bond acceptors (Lipinski definition) is 16. The Morgan fingerprint density at radius 3 is 2.28 bits per heavy atom. The smallest absolute Gasteiger partial charge is 0.311 e. The molecule has 0 saturated carbocycles. The number of likely N-dealkylation sites (N-methyl/N-ethyl adjacent to an activating group) is 1. The molecule has 340 valence electrons. The summed E-state index contributed by atoms with van der Waals surface area (Å²) >= 11 is 0. The molecule has 0 aromatic heterocycles. The zero-order valence-corrected chi connectivity index (χ0v) is 37.1. The number of aliphatic hydroxyl groups excluding tert-OH is 2. The van der Waals surface area contributed by atoms with E-state index in [-0.39, 0.29) is 50.2 Å². The third-order valence-electron chi connectivity index (χ3n) is 13.3. The van der Waals surface area contributed by atoms with E-state index in [0.717, 1.165) is 4.90 Å². The van der Waals surface area contributed by atoms with Gasteiger partial charge in [-0.2, -0.15) is 0 Å². The van der Waals surface area contributed by atoms with Gasteiger partial charge in [-0.3, -0.25) is 10.1 Å². The van der Waals surface area contributed by atoms with E-state index in [1.54, 1.807) is 55.6 Å². The summed E-state index contributed by atoms with van der Waals surface area (Å²) in [4.78, 5) is 15.7. The molecule has 5 N–H and O–H groups in total. The van der Waals surface area contributed by atoms with Crippen molar-refractivity contribution in [3.8, 4) is 0 Å². The highest BCUT2D eigenvalue weighted by Crippen LogP contribution is 2.43. The molecule has 1 unspecified atom stereocenters. The minimum Gasteiger partial charge on any atom is -0.459 e. The number of nitrogens with one attached hydrogen (secondary N) is 1. The first-order chi connectivity index (χ1) is 28.2. The molecular weight excluding hydrogens is 756 g/mol. The van der Waals surface area contributed by atoms with Crippen LogP contribution in [0.15, 0.2) is 0 Å². The lowest BCUT2D eigenvalue weighted by molar-refractivity contribution is -0.318. The Balaban J connectivity index is 1.85. The summed E-state index contributed by atoms with van der Waals surface area (Å²) in [6.45, 7) is 15.8. The van der Waals surface area contributed by atoms with Gasteiger partial charge in [0.15, 0.2) is 12.6 Å². The molecule has 20 atom stereocenters. The van der Waals surface area contributed by atoms with Crippen LogP contribution < -0.4 is 5.32 Å². The van der Waals surface area contributed by atoms with Crippen LogP contribution in [0.2, 0.25) is 0 Å². The molecule has 4 fully saturated rings. The maximum Gasteiger partial charge on any atom is 0.311 e. The summed E-state index contributed by atoms with van der Waals surface area (Å²) in [5.74, 6) is -3.37. The number of rotatable bonds is 12. The van der Waals surface area contributed by atoms with Crippen molar-refractivity contribution in [3.05, 3.63) is 0 Å². The molecule has 16 heteroatoms. The quantitative estimate of drug-likeness (QED) is 0.142. The topological polar surface area (TPSA) is 196 Å². The average molecular weight is 838 g/mol. The lowest BCUT2D eigenvalue weighted by Crippen LogP contribution is -2.67. The Morgan fingerprint density at radius 2 is 1.66 bits per heavy atom. The Bertz CT molecular complexity index is 1400. The third kappa shape index (κ3) is 11.1. The normalized spacial score (nSPS) is 49.7. The lowest BCUT2D eigenvalue weighted by atomic mass is 9.71. The molecule has 4 rings (SSSR count). The minimum atomic E-state index is -2.53. The number of carbonyl (C=O) groups is 1. The fourth-order valence-electron chi connectivity index (χ4n) is 9.89. The van der Waals surface area contributed by atoms with Crippen molar-refractivity contribution in [2.45, 2.75) is 191 Å². The van der Waals surface area contributed by atoms with Crippen molar-refractivity contribution in [3.63, 3.8) is 0 Å². The molecule has 4 aliphatic rings. The van der Waals surface area contributed by atoms with Gasteiger partial charge in [-0.25, -0.2) is 0 Å². The number of methoxy groups -OCH3 is 2. The fraction of sp³-hybridized carbons (Fsp3) is 0.976. The van der Waals surface area contributed by atoms with Crippen LogP contribution >= 0.6 is 0 Å². The molecular formula is C42H78N2O14. The number of hydrogen-bond donors (Lipinski definition) is 5. The number of esters is 1. The SMILES string of the molecule is [2H]C([2H])([2H])N(C)[C@H]1C[C@@H](C)O[C@@H](O[C@@H]2[C@@H](C)[C@H](O[C@H]3C[C@@](C)(OC)[C@@H](O)[C@H](C)O3)[C@@H](C)C(=O)O[C@H](CC)[C@@](C)(O)[C@@H]3O[C@H](COCCOC)NC([C@H](C)C[C@@]2(C)O)[C@@H]3C)[C@@H]1O. The molecule has 0 aromatic rings. The summed E-state index contributed by atoms with van der Waals surface area (Å²) in [6.07, 6.45) is -10.4. The number of carbonyl (C=O) groups excluding carboxylic acids is 1. The summed E-state index contributed by atoms with van der Waals surface area (Å²) in [5.41, 5.74) is -4.50. The first kappa shape index (κ1) is 44.9. The van der Waals surface area contributed by atoms with Crippen molar-refractivity contribution < 1.29 is 72.0 Å². The van der Waals surface area contributed by atoms with Gasteiger partial charge >= 0.3 is 5.97 Å². The first-order valence-electron chi connectivity index (χ1n) is 22.6. The maximum atomic E-state index is 14.5. The van der Waals surface area contributed by atoms with Crippen molar-refractivity contribution in [2.24, 2.45) is 23.7 Å². The highest BCUT2D eigenvalue weighted by Gasteiger charge is 2.55. The van der Waals surface area contributed by atoms with Gasteiger partial charge in [0.25, 0.3) is 0 Å². The lowest BCUT2D eigenvalue weighted by Gasteiger charge is -2.52. The van der Waals surface area contributed by atoms with E-state index < -0.39 is 115 Å². The summed E-state index contributed by atoms with van der Waals surface area (Å²) in [7, 11) is 4.48. The largest absolute Gasteiger partial charge is 0.459 e. The van der Waals surface area contributed by atoms with Crippen molar-refractivity contribution in [1.82, 2.24) is 10.2 Å². The molecule has 0 aliphatic carbocycles. The van der Waals surface area contributed by atoms with E-state index in [2.05, 4.69) is 5.32 Å². The Labute approximate surface area is 351 Å². The maximum absolute atomic E-state index is 14.5. The number of ether oxygens (including phenoxy) is 9. The zero-order valence-electron chi connectivity index (χ0n) is 40.1. The second kappa shape index (κ2) is 20.4. The fourth-order valence-corrected chi connectivity index (χ4v) is 9.89. The van der Waals surface area contributed by atoms with Crippen molar-refractivity contribution in [2.75, 3.05) is 48.1 Å². The van der Waals surface area contributed by atoms with Gasteiger partial charge < -0.3 is 68.0 Å². The molecule has 58 heavy (non-hydrogen) atoms. The van der Waals surface area contributed by atoms with E-state index in [9.17, 15) is 25.2 Å². The molecule has 4 heterocycles. The van der Waals surface area contributed by atoms with E-state index in [4.69, 9.17) is 46.7 Å². The molecule has 0 amide bonds. The second-order valence-corrected chi connectivity index (χ2v) is 18.2. The van der Waals surface area contributed by atoms with Crippen LogP contribution in [0, 0.1) is 23.7 Å². The van der Waals surface area contributed by atoms with Gasteiger partial charge in [-0.05, 0) is 80.7 Å². The standard InChI is InChI=1S/C42H78N2O14/c1-15-29-42(10,49)37-24(4)32(43-30(56-37)21-52-17-16-50-13)22(2)19-40(8,48)36(58-39-33(45)28(44(11)12)18-23(3)53-39)25(5)34(26(6)38(47)55-29)57-31-20-41(9,51-14)35(46)27(7)54-31/h22-37,39,43,45-46,48-49H,15-21H2,1-14H3/t22-,23-,24+,25+,26-,27+,28+,29-,30-,31+,32?,33-,34+,35+,36-,37-,39+,40-,41-,42-/m1/s1/i11D3. The van der Waals surface area contributed by atoms with Gasteiger partial charge in [0, 0.05) is 48.7 Å². The van der Waals surface area contributed by atoms with E-state index in [1.165, 1.54) is 14.2 Å². The molecule has 0 radical (unpaired) electrons. The highest BCUT2D eigenvalue weighted by atomic mass is 16.7. The molecule has 2 bridgehead atoms. The van der Waals surface area contributed by atoms with Crippen molar-refractivity contribution >= 4 is 5.97 Å². The molecule has 4 aliphatic heterocycles.